The van der Waals surface area contributed by atoms with Gasteiger partial charge in [0.1, 0.15) is 5.82 Å². The zero-order valence-electron chi connectivity index (χ0n) is 13.2. The molecule has 130 valence electrons. The lowest BCUT2D eigenvalue weighted by molar-refractivity contribution is -0.137. The van der Waals surface area contributed by atoms with Crippen LogP contribution in [-0.2, 0) is 4.79 Å². The molecule has 23 heavy (non-hydrogen) atoms. The maximum absolute atomic E-state index is 13.8. The molecule has 0 aliphatic carbocycles. The van der Waals surface area contributed by atoms with Crippen molar-refractivity contribution >= 4 is 36.4 Å². The molecular weight excluding hydrogens is 340 g/mol. The van der Waals surface area contributed by atoms with E-state index in [1.165, 1.54) is 6.07 Å². The van der Waals surface area contributed by atoms with E-state index in [0.29, 0.717) is 37.8 Å². The van der Waals surface area contributed by atoms with Gasteiger partial charge in [-0.2, -0.15) is 0 Å². The molecule has 7 heteroatoms. The molecule has 0 radical (unpaired) electrons. The van der Waals surface area contributed by atoms with Crippen LogP contribution in [0.5, 0.6) is 0 Å². The van der Waals surface area contributed by atoms with Gasteiger partial charge in [0, 0.05) is 32.1 Å². The van der Waals surface area contributed by atoms with Gasteiger partial charge in [0.05, 0.1) is 5.69 Å². The predicted octanol–water partition coefficient (Wildman–Crippen LogP) is 2.17. The van der Waals surface area contributed by atoms with E-state index in [-0.39, 0.29) is 42.5 Å². The van der Waals surface area contributed by atoms with Gasteiger partial charge < -0.3 is 15.1 Å². The number of amides is 1. The number of anilines is 1. The maximum Gasteiger partial charge on any atom is 0.225 e. The third kappa shape index (κ3) is 4.28. The highest BCUT2D eigenvalue weighted by Gasteiger charge is 2.33. The molecule has 1 unspecified atom stereocenters. The van der Waals surface area contributed by atoms with Crippen LogP contribution < -0.4 is 10.2 Å². The van der Waals surface area contributed by atoms with Crippen LogP contribution in [0, 0.1) is 17.7 Å². The third-order valence-electron chi connectivity index (χ3n) is 4.69. The molecule has 0 saturated carbocycles. The molecule has 1 amide bonds. The molecule has 0 aromatic heterocycles. The summed E-state index contributed by atoms with van der Waals surface area (Å²) in [4.78, 5) is 16.4. The van der Waals surface area contributed by atoms with Gasteiger partial charge >= 0.3 is 0 Å². The van der Waals surface area contributed by atoms with Crippen LogP contribution >= 0.6 is 24.8 Å². The van der Waals surface area contributed by atoms with Crippen LogP contribution in [0.3, 0.4) is 0 Å². The van der Waals surface area contributed by atoms with Gasteiger partial charge in [0.15, 0.2) is 0 Å². The maximum atomic E-state index is 13.8. The first-order valence-electron chi connectivity index (χ1n) is 7.66. The summed E-state index contributed by atoms with van der Waals surface area (Å²) in [5, 5.41) is 3.21. The molecule has 2 saturated heterocycles. The number of nitrogens with one attached hydrogen (secondary N) is 1. The number of hydrogen-bond donors (Lipinski definition) is 1. The minimum absolute atomic E-state index is 0. The van der Waals surface area contributed by atoms with E-state index >= 15 is 0 Å². The highest BCUT2D eigenvalue weighted by molar-refractivity contribution is 5.85. The van der Waals surface area contributed by atoms with E-state index in [4.69, 9.17) is 0 Å². The molecule has 1 atom stereocenters. The van der Waals surface area contributed by atoms with Crippen LogP contribution in [0.25, 0.3) is 0 Å². The van der Waals surface area contributed by atoms with Crippen LogP contribution in [0.4, 0.5) is 10.1 Å². The quantitative estimate of drug-likeness (QED) is 0.893. The van der Waals surface area contributed by atoms with E-state index in [0.717, 1.165) is 13.1 Å². The second kappa shape index (κ2) is 8.71. The molecule has 1 N–H and O–H groups in total. The number of hydrogen-bond acceptors (Lipinski definition) is 3. The van der Waals surface area contributed by atoms with Crippen molar-refractivity contribution in [2.75, 3.05) is 44.2 Å². The fraction of sp³-hybridized carbons (Fsp3) is 0.562. The number of piperazine rings is 1. The fourth-order valence-corrected chi connectivity index (χ4v) is 3.03. The first-order valence-corrected chi connectivity index (χ1v) is 7.66. The van der Waals surface area contributed by atoms with Crippen LogP contribution in [-0.4, -0.2) is 50.1 Å². The van der Waals surface area contributed by atoms with Crippen molar-refractivity contribution in [3.63, 3.8) is 0 Å². The molecule has 0 bridgehead atoms. The number of para-hydroxylation sites is 1. The lowest BCUT2D eigenvalue weighted by Crippen LogP contribution is -2.54. The smallest absolute Gasteiger partial charge is 0.225 e. The van der Waals surface area contributed by atoms with Gasteiger partial charge in [0.2, 0.25) is 5.91 Å². The van der Waals surface area contributed by atoms with Crippen molar-refractivity contribution in [1.29, 1.82) is 0 Å². The first-order chi connectivity index (χ1) is 10.2. The summed E-state index contributed by atoms with van der Waals surface area (Å²) >= 11 is 0. The average Bonchev–Trinajstić information content (AvgIpc) is 2.45. The largest absolute Gasteiger partial charge is 0.366 e. The normalized spacial score (nSPS) is 19.2. The van der Waals surface area contributed by atoms with E-state index in [1.807, 2.05) is 22.8 Å². The lowest BCUT2D eigenvalue weighted by atomic mass is 9.88. The van der Waals surface area contributed by atoms with E-state index in [9.17, 15) is 9.18 Å². The fourth-order valence-electron chi connectivity index (χ4n) is 3.03. The van der Waals surface area contributed by atoms with Gasteiger partial charge in [-0.3, -0.25) is 4.79 Å². The van der Waals surface area contributed by atoms with Gasteiger partial charge in [0.25, 0.3) is 0 Å². The van der Waals surface area contributed by atoms with Crippen molar-refractivity contribution in [3.05, 3.63) is 30.1 Å². The number of carbonyl (C=O) groups is 1. The molecular formula is C16H24Cl2FN3O. The summed E-state index contributed by atoms with van der Waals surface area (Å²) in [5.74, 6) is 0.620. The Morgan fingerprint density at radius 1 is 1.17 bits per heavy atom. The van der Waals surface area contributed by atoms with E-state index in [2.05, 4.69) is 5.32 Å². The topological polar surface area (TPSA) is 35.6 Å². The summed E-state index contributed by atoms with van der Waals surface area (Å²) in [5.41, 5.74) is 0.640. The second-order valence-corrected chi connectivity index (χ2v) is 5.97. The monoisotopic (exact) mass is 363 g/mol. The number of rotatable bonds is 3. The van der Waals surface area contributed by atoms with Gasteiger partial charge in [-0.1, -0.05) is 19.1 Å². The minimum Gasteiger partial charge on any atom is -0.366 e. The Morgan fingerprint density at radius 2 is 1.78 bits per heavy atom. The summed E-state index contributed by atoms with van der Waals surface area (Å²) in [6.45, 7) is 6.67. The van der Waals surface area contributed by atoms with Gasteiger partial charge in [-0.25, -0.2) is 4.39 Å². The Labute approximate surface area is 149 Å². The second-order valence-electron chi connectivity index (χ2n) is 5.97. The summed E-state index contributed by atoms with van der Waals surface area (Å²) in [6.07, 6.45) is 0. The van der Waals surface area contributed by atoms with Crippen LogP contribution in [0.15, 0.2) is 24.3 Å². The highest BCUT2D eigenvalue weighted by Crippen LogP contribution is 2.22. The summed E-state index contributed by atoms with van der Waals surface area (Å²) < 4.78 is 13.8. The molecule has 2 heterocycles. The molecule has 2 aliphatic rings. The van der Waals surface area contributed by atoms with Crippen molar-refractivity contribution in [3.8, 4) is 0 Å². The number of halogens is 3. The molecule has 1 aromatic rings. The standard InChI is InChI=1S/C16H22FN3O.2ClH/c1-12(13-10-18-11-13)16(21)20-8-6-19(7-9-20)15-5-3-2-4-14(15)17;;/h2-5,12-13,18H,6-11H2,1H3;2*1H. The summed E-state index contributed by atoms with van der Waals surface area (Å²) in [6, 6.07) is 6.84. The third-order valence-corrected chi connectivity index (χ3v) is 4.69. The minimum atomic E-state index is -0.189. The number of nitrogens with zero attached hydrogens (tertiary/aromatic N) is 2. The molecule has 0 spiro atoms. The molecule has 3 rings (SSSR count). The van der Waals surface area contributed by atoms with Crippen molar-refractivity contribution in [2.45, 2.75) is 6.92 Å². The SMILES string of the molecule is CC(C(=O)N1CCN(c2ccccc2F)CC1)C1CNC1.Cl.Cl. The zero-order valence-corrected chi connectivity index (χ0v) is 14.8. The van der Waals surface area contributed by atoms with Gasteiger partial charge in [-0.15, -0.1) is 24.8 Å². The van der Waals surface area contributed by atoms with Crippen molar-refractivity contribution in [1.82, 2.24) is 10.2 Å². The average molecular weight is 364 g/mol. The van der Waals surface area contributed by atoms with E-state index in [1.54, 1.807) is 12.1 Å². The molecule has 2 aliphatic heterocycles. The Kier molecular flexibility index (Phi) is 7.58. The molecule has 1 aromatic carbocycles. The van der Waals surface area contributed by atoms with Crippen LogP contribution in [0.2, 0.25) is 0 Å². The first kappa shape index (κ1) is 20.0. The predicted molar refractivity (Wildman–Crippen MR) is 95.2 cm³/mol. The number of carbonyl (C=O) groups excluding carboxylic acids is 1. The van der Waals surface area contributed by atoms with Crippen LogP contribution in [0.1, 0.15) is 6.92 Å². The zero-order chi connectivity index (χ0) is 14.8. The number of benzene rings is 1. The Morgan fingerprint density at radius 3 is 2.30 bits per heavy atom. The lowest BCUT2D eigenvalue weighted by Gasteiger charge is -2.40. The highest BCUT2D eigenvalue weighted by atomic mass is 35.5. The Hall–Kier alpha value is -1.04. The summed E-state index contributed by atoms with van der Waals surface area (Å²) in [7, 11) is 0. The van der Waals surface area contributed by atoms with Gasteiger partial charge in [-0.05, 0) is 31.1 Å². The Bertz CT molecular complexity index is 520. The van der Waals surface area contributed by atoms with E-state index < -0.39 is 0 Å². The van der Waals surface area contributed by atoms with Crippen molar-refractivity contribution in [2.24, 2.45) is 11.8 Å². The Balaban J connectivity index is 0.00000132. The van der Waals surface area contributed by atoms with Crippen molar-refractivity contribution < 1.29 is 9.18 Å². The molecule has 4 nitrogen and oxygen atoms in total. The molecule has 2 fully saturated rings.